The molecule has 0 fully saturated rings. The molecule has 0 bridgehead atoms. The normalized spacial score (nSPS) is 13.1. The summed E-state index contributed by atoms with van der Waals surface area (Å²) in [6, 6.07) is 12.2. The number of carbonyl (C=O) groups excluding carboxylic acids is 1. The van der Waals surface area contributed by atoms with Crippen molar-refractivity contribution in [3.05, 3.63) is 80.2 Å². The molecule has 0 unspecified atom stereocenters. The Morgan fingerprint density at radius 2 is 1.97 bits per heavy atom. The number of ether oxygens (including phenoxy) is 2. The Balaban J connectivity index is 1.52. The van der Waals surface area contributed by atoms with E-state index in [1.54, 1.807) is 42.5 Å². The van der Waals surface area contributed by atoms with Crippen molar-refractivity contribution in [3.63, 3.8) is 0 Å². The van der Waals surface area contributed by atoms with Gasteiger partial charge in [0.15, 0.2) is 22.3 Å². The standard InChI is InChI=1S/C23H24N6O5S/c1-33-18-8-7-14(11-19(18)34-2)25-21(13-29(31)32)28-10-9-17-20(12-28)35-23(27-17)22(30)26-16-6-4-3-5-15(16)24/h3-8,11,13,25H,9-10,12,24H2,1-2H3,(H,26,30)/b21-13-. The molecule has 11 nitrogen and oxygen atoms in total. The van der Waals surface area contributed by atoms with Crippen molar-refractivity contribution in [1.82, 2.24) is 9.88 Å². The molecule has 4 rings (SSSR count). The number of nitrogens with zero attached hydrogens (tertiary/aromatic N) is 3. The number of carbonyl (C=O) groups is 1. The number of aromatic nitrogens is 1. The summed E-state index contributed by atoms with van der Waals surface area (Å²) in [5.41, 5.74) is 8.30. The highest BCUT2D eigenvalue weighted by atomic mass is 32.1. The van der Waals surface area contributed by atoms with Crippen molar-refractivity contribution in [1.29, 1.82) is 0 Å². The van der Waals surface area contributed by atoms with Crippen molar-refractivity contribution in [2.24, 2.45) is 0 Å². The summed E-state index contributed by atoms with van der Waals surface area (Å²) in [7, 11) is 3.05. The zero-order chi connectivity index (χ0) is 24.9. The van der Waals surface area contributed by atoms with Gasteiger partial charge < -0.3 is 30.7 Å². The van der Waals surface area contributed by atoms with Gasteiger partial charge in [-0.25, -0.2) is 4.98 Å². The van der Waals surface area contributed by atoms with Gasteiger partial charge in [0.2, 0.25) is 0 Å². The van der Waals surface area contributed by atoms with E-state index in [9.17, 15) is 14.9 Å². The minimum absolute atomic E-state index is 0.310. The Labute approximate surface area is 205 Å². The highest BCUT2D eigenvalue weighted by molar-refractivity contribution is 7.13. The molecule has 1 aliphatic rings. The number of nitro groups is 1. The first-order valence-corrected chi connectivity index (χ1v) is 11.4. The van der Waals surface area contributed by atoms with Crippen molar-refractivity contribution < 1.29 is 19.2 Å². The quantitative estimate of drug-likeness (QED) is 0.242. The highest BCUT2D eigenvalue weighted by Gasteiger charge is 2.26. The predicted octanol–water partition coefficient (Wildman–Crippen LogP) is 3.54. The molecule has 0 radical (unpaired) electrons. The number of nitrogens with one attached hydrogen (secondary N) is 2. The summed E-state index contributed by atoms with van der Waals surface area (Å²) in [6.45, 7) is 0.858. The second-order valence-corrected chi connectivity index (χ2v) is 8.68. The van der Waals surface area contributed by atoms with Crippen LogP contribution in [-0.2, 0) is 13.0 Å². The van der Waals surface area contributed by atoms with E-state index in [4.69, 9.17) is 15.2 Å². The Kier molecular flexibility index (Phi) is 7.01. The highest BCUT2D eigenvalue weighted by Crippen LogP contribution is 2.32. The number of hydrogen-bond donors (Lipinski definition) is 3. The largest absolute Gasteiger partial charge is 0.493 e. The number of thiazole rings is 1. The van der Waals surface area contributed by atoms with Crippen molar-refractivity contribution in [3.8, 4) is 11.5 Å². The van der Waals surface area contributed by atoms with Crippen LogP contribution in [-0.4, -0.2) is 41.5 Å². The molecule has 1 aliphatic heterocycles. The third-order valence-corrected chi connectivity index (χ3v) is 6.44. The van der Waals surface area contributed by atoms with E-state index in [2.05, 4.69) is 15.6 Å². The molecule has 12 heteroatoms. The van der Waals surface area contributed by atoms with E-state index < -0.39 is 4.92 Å². The number of rotatable bonds is 8. The lowest BCUT2D eigenvalue weighted by Gasteiger charge is -2.29. The van der Waals surface area contributed by atoms with E-state index in [0.29, 0.717) is 58.9 Å². The smallest absolute Gasteiger partial charge is 0.284 e. The summed E-state index contributed by atoms with van der Waals surface area (Å²) < 4.78 is 10.6. The number of para-hydroxylation sites is 2. The van der Waals surface area contributed by atoms with E-state index in [1.165, 1.54) is 25.6 Å². The lowest BCUT2D eigenvalue weighted by molar-refractivity contribution is -0.404. The van der Waals surface area contributed by atoms with Gasteiger partial charge in [0.25, 0.3) is 12.1 Å². The van der Waals surface area contributed by atoms with Crippen LogP contribution in [0.3, 0.4) is 0 Å². The molecule has 4 N–H and O–H groups in total. The van der Waals surface area contributed by atoms with Crippen LogP contribution in [0.1, 0.15) is 20.4 Å². The summed E-state index contributed by atoms with van der Waals surface area (Å²) >= 11 is 1.26. The summed E-state index contributed by atoms with van der Waals surface area (Å²) in [4.78, 5) is 30.8. The molecular formula is C23H24N6O5S. The molecule has 0 spiro atoms. The molecule has 0 aliphatic carbocycles. The molecule has 0 saturated heterocycles. The Bertz CT molecular complexity index is 1290. The van der Waals surface area contributed by atoms with Crippen molar-refractivity contribution in [2.75, 3.05) is 37.1 Å². The summed E-state index contributed by atoms with van der Waals surface area (Å²) in [6.07, 6.45) is 1.46. The molecule has 2 aromatic carbocycles. The zero-order valence-electron chi connectivity index (χ0n) is 19.1. The average molecular weight is 497 g/mol. The summed E-state index contributed by atoms with van der Waals surface area (Å²) in [5, 5.41) is 17.6. The van der Waals surface area contributed by atoms with Gasteiger partial charge in [-0.05, 0) is 24.3 Å². The number of hydrogen-bond acceptors (Lipinski definition) is 10. The molecule has 35 heavy (non-hydrogen) atoms. The molecule has 1 amide bonds. The number of nitrogen functional groups attached to an aromatic ring is 1. The van der Waals surface area contributed by atoms with Crippen molar-refractivity contribution in [2.45, 2.75) is 13.0 Å². The number of methoxy groups -OCH3 is 2. The monoisotopic (exact) mass is 496 g/mol. The third kappa shape index (κ3) is 5.44. The van der Waals surface area contributed by atoms with Crippen molar-refractivity contribution >= 4 is 34.3 Å². The first-order chi connectivity index (χ1) is 16.9. The van der Waals surface area contributed by atoms with E-state index >= 15 is 0 Å². The topological polar surface area (TPSA) is 145 Å². The first-order valence-electron chi connectivity index (χ1n) is 10.6. The van der Waals surface area contributed by atoms with Gasteiger partial charge in [0.1, 0.15) is 0 Å². The number of fused-ring (bicyclic) bond motifs is 1. The average Bonchev–Trinajstić information content (AvgIpc) is 3.28. The predicted molar refractivity (Wildman–Crippen MR) is 133 cm³/mol. The fraction of sp³-hybridized carbons (Fsp3) is 0.217. The molecular weight excluding hydrogens is 472 g/mol. The Morgan fingerprint density at radius 1 is 1.20 bits per heavy atom. The van der Waals surface area contributed by atoms with E-state index in [0.717, 1.165) is 16.8 Å². The van der Waals surface area contributed by atoms with Crippen LogP contribution >= 0.6 is 11.3 Å². The molecule has 182 valence electrons. The molecule has 0 atom stereocenters. The molecule has 2 heterocycles. The van der Waals surface area contributed by atoms with E-state index in [1.807, 2.05) is 4.90 Å². The summed E-state index contributed by atoms with van der Waals surface area (Å²) in [5.74, 6) is 1.01. The van der Waals surface area contributed by atoms with Gasteiger partial charge in [-0.15, -0.1) is 11.3 Å². The molecule has 0 saturated carbocycles. The lowest BCUT2D eigenvalue weighted by atomic mass is 10.2. The van der Waals surface area contributed by atoms with Crippen LogP contribution in [0.2, 0.25) is 0 Å². The van der Waals surface area contributed by atoms with Gasteiger partial charge in [0.05, 0.1) is 42.8 Å². The maximum Gasteiger partial charge on any atom is 0.284 e. The zero-order valence-corrected chi connectivity index (χ0v) is 19.9. The number of amides is 1. The van der Waals surface area contributed by atoms with Gasteiger partial charge >= 0.3 is 0 Å². The second kappa shape index (κ2) is 10.3. The van der Waals surface area contributed by atoms with Gasteiger partial charge in [-0.2, -0.15) is 0 Å². The third-order valence-electron chi connectivity index (χ3n) is 5.36. The minimum Gasteiger partial charge on any atom is -0.493 e. The minimum atomic E-state index is -0.506. The van der Waals surface area contributed by atoms with Gasteiger partial charge in [0, 0.05) is 29.6 Å². The maximum atomic E-state index is 12.7. The van der Waals surface area contributed by atoms with Crippen LogP contribution in [0.5, 0.6) is 11.5 Å². The van der Waals surface area contributed by atoms with Gasteiger partial charge in [-0.1, -0.05) is 12.1 Å². The molecule has 3 aromatic rings. The number of benzene rings is 2. The fourth-order valence-corrected chi connectivity index (χ4v) is 4.66. The lowest BCUT2D eigenvalue weighted by Crippen LogP contribution is -2.33. The second-order valence-electron chi connectivity index (χ2n) is 7.60. The van der Waals surface area contributed by atoms with Gasteiger partial charge in [-0.3, -0.25) is 14.9 Å². The maximum absolute atomic E-state index is 12.7. The molecule has 1 aromatic heterocycles. The van der Waals surface area contributed by atoms with Crippen LogP contribution < -0.4 is 25.8 Å². The Hall–Kier alpha value is -4.32. The fourth-order valence-electron chi connectivity index (χ4n) is 3.64. The van der Waals surface area contributed by atoms with Crippen LogP contribution in [0.4, 0.5) is 17.1 Å². The SMILES string of the molecule is COc1ccc(N/C(=C/[N+](=O)[O-])N2CCc3nc(C(=O)Nc4ccccc4N)sc3C2)cc1OC. The first kappa shape index (κ1) is 23.8. The Morgan fingerprint density at radius 3 is 2.69 bits per heavy atom. The van der Waals surface area contributed by atoms with Crippen LogP contribution in [0.25, 0.3) is 0 Å². The van der Waals surface area contributed by atoms with Crippen LogP contribution in [0, 0.1) is 10.1 Å². The number of nitrogens with two attached hydrogens (primary N) is 1. The number of anilines is 3. The van der Waals surface area contributed by atoms with Crippen LogP contribution in [0.15, 0.2) is 54.5 Å². The van der Waals surface area contributed by atoms with E-state index in [-0.39, 0.29) is 5.91 Å².